The second kappa shape index (κ2) is 11.5. The predicted molar refractivity (Wildman–Crippen MR) is 200 cm³/mol. The van der Waals surface area contributed by atoms with Crippen LogP contribution in [0.5, 0.6) is 0 Å². The molecular weight excluding hydrogens is 589 g/mol. The highest BCUT2D eigenvalue weighted by Crippen LogP contribution is 2.42. The molecule has 0 radical (unpaired) electrons. The summed E-state index contributed by atoms with van der Waals surface area (Å²) in [7, 11) is 0. The van der Waals surface area contributed by atoms with Crippen molar-refractivity contribution in [1.82, 2.24) is 9.97 Å². The monoisotopic (exact) mass is 616 g/mol. The fraction of sp³-hybridized carbons (Fsp3) is 0. The minimum Gasteiger partial charge on any atom is -0.228 e. The zero-order chi connectivity index (χ0) is 31.2. The number of hydrogen-bond donors (Lipinski definition) is 0. The molecule has 0 atom stereocenters. The van der Waals surface area contributed by atoms with Crippen molar-refractivity contribution in [3.05, 3.63) is 170 Å². The highest BCUT2D eigenvalue weighted by molar-refractivity contribution is 7.25. The molecule has 9 aromatic rings. The van der Waals surface area contributed by atoms with Gasteiger partial charge < -0.3 is 0 Å². The first-order valence-corrected chi connectivity index (χ1v) is 16.6. The second-order valence-electron chi connectivity index (χ2n) is 11.8. The van der Waals surface area contributed by atoms with Gasteiger partial charge in [-0.2, -0.15) is 0 Å². The van der Waals surface area contributed by atoms with Crippen LogP contribution in [0.15, 0.2) is 170 Å². The number of hydrogen-bond acceptors (Lipinski definition) is 3. The summed E-state index contributed by atoms with van der Waals surface area (Å²) in [5.41, 5.74) is 9.66. The van der Waals surface area contributed by atoms with Crippen molar-refractivity contribution in [3.8, 4) is 56.2 Å². The van der Waals surface area contributed by atoms with Crippen LogP contribution in [-0.2, 0) is 0 Å². The number of benzene rings is 7. The Balaban J connectivity index is 1.32. The highest BCUT2D eigenvalue weighted by atomic mass is 32.1. The van der Waals surface area contributed by atoms with Crippen LogP contribution < -0.4 is 0 Å². The molecule has 9 rings (SSSR count). The third kappa shape index (κ3) is 4.98. The van der Waals surface area contributed by atoms with E-state index >= 15 is 0 Å². The Labute approximate surface area is 277 Å². The summed E-state index contributed by atoms with van der Waals surface area (Å²) in [6, 6.07) is 60.3. The summed E-state index contributed by atoms with van der Waals surface area (Å²) in [4.78, 5) is 10.4. The summed E-state index contributed by atoms with van der Waals surface area (Å²) in [5.74, 6) is 0.712. The molecule has 0 fully saturated rings. The largest absolute Gasteiger partial charge is 0.228 e. The van der Waals surface area contributed by atoms with Crippen molar-refractivity contribution in [3.63, 3.8) is 0 Å². The number of nitrogens with zero attached hydrogens (tertiary/aromatic N) is 2. The fourth-order valence-corrected chi connectivity index (χ4v) is 7.77. The number of aromatic nitrogens is 2. The molecule has 0 N–H and O–H groups in total. The summed E-state index contributed by atoms with van der Waals surface area (Å²) < 4.78 is 2.60. The Hall–Kier alpha value is -5.90. The van der Waals surface area contributed by atoms with Gasteiger partial charge in [-0.3, -0.25) is 0 Å². The van der Waals surface area contributed by atoms with Crippen molar-refractivity contribution in [2.24, 2.45) is 0 Å². The molecule has 0 aliphatic rings. The molecule has 2 aromatic heterocycles. The molecule has 2 nitrogen and oxygen atoms in total. The molecule has 47 heavy (non-hydrogen) atoms. The lowest BCUT2D eigenvalue weighted by atomic mass is 9.92. The van der Waals surface area contributed by atoms with E-state index < -0.39 is 0 Å². The molecule has 0 saturated heterocycles. The highest BCUT2D eigenvalue weighted by Gasteiger charge is 2.17. The number of fused-ring (bicyclic) bond motifs is 4. The summed E-state index contributed by atoms with van der Waals surface area (Å²) in [5, 5.41) is 4.96. The van der Waals surface area contributed by atoms with Gasteiger partial charge in [0.25, 0.3) is 0 Å². The van der Waals surface area contributed by atoms with Crippen LogP contribution in [0.3, 0.4) is 0 Å². The van der Waals surface area contributed by atoms with Gasteiger partial charge in [-0.05, 0) is 69.4 Å². The fourth-order valence-electron chi connectivity index (χ4n) is 6.64. The van der Waals surface area contributed by atoms with Gasteiger partial charge in [0.1, 0.15) is 0 Å². The summed E-state index contributed by atoms with van der Waals surface area (Å²) >= 11 is 1.85. The van der Waals surface area contributed by atoms with Gasteiger partial charge >= 0.3 is 0 Å². The average Bonchev–Trinajstić information content (AvgIpc) is 3.54. The van der Waals surface area contributed by atoms with Crippen LogP contribution in [0.25, 0.3) is 87.1 Å². The molecule has 0 amide bonds. The molecule has 0 spiro atoms. The quantitative estimate of drug-likeness (QED) is 0.192. The van der Waals surface area contributed by atoms with Gasteiger partial charge in [0.15, 0.2) is 5.82 Å². The van der Waals surface area contributed by atoms with Crippen LogP contribution in [0.4, 0.5) is 0 Å². The van der Waals surface area contributed by atoms with Gasteiger partial charge in [0.05, 0.1) is 11.4 Å². The van der Waals surface area contributed by atoms with E-state index in [4.69, 9.17) is 9.97 Å². The Morgan fingerprint density at radius 3 is 1.81 bits per heavy atom. The van der Waals surface area contributed by atoms with E-state index in [1.807, 2.05) is 29.5 Å². The van der Waals surface area contributed by atoms with Gasteiger partial charge in [0, 0.05) is 36.9 Å². The van der Waals surface area contributed by atoms with E-state index in [9.17, 15) is 0 Å². The Kier molecular flexibility index (Phi) is 6.69. The Bertz CT molecular complexity index is 2560. The molecule has 0 saturated carbocycles. The topological polar surface area (TPSA) is 25.8 Å². The van der Waals surface area contributed by atoms with Gasteiger partial charge in [-0.1, -0.05) is 133 Å². The Morgan fingerprint density at radius 1 is 0.362 bits per heavy atom. The first kappa shape index (κ1) is 27.4. The molecule has 0 aliphatic heterocycles. The maximum Gasteiger partial charge on any atom is 0.160 e. The zero-order valence-electron chi connectivity index (χ0n) is 25.5. The maximum atomic E-state index is 5.24. The number of rotatable bonds is 5. The summed E-state index contributed by atoms with van der Waals surface area (Å²) in [6.07, 6.45) is 0. The predicted octanol–water partition coefficient (Wildman–Crippen LogP) is 12.3. The lowest BCUT2D eigenvalue weighted by Crippen LogP contribution is -1.97. The van der Waals surface area contributed by atoms with Crippen LogP contribution in [-0.4, -0.2) is 9.97 Å². The van der Waals surface area contributed by atoms with Crippen LogP contribution >= 0.6 is 11.3 Å². The molecular formula is C44H28N2S. The van der Waals surface area contributed by atoms with Crippen molar-refractivity contribution >= 4 is 42.3 Å². The molecule has 2 heterocycles. The van der Waals surface area contributed by atoms with Gasteiger partial charge in [-0.25, -0.2) is 9.97 Å². The molecule has 0 bridgehead atoms. The van der Waals surface area contributed by atoms with E-state index in [1.165, 1.54) is 47.6 Å². The minimum atomic E-state index is 0.712. The van der Waals surface area contributed by atoms with Crippen LogP contribution in [0, 0.1) is 0 Å². The van der Waals surface area contributed by atoms with E-state index in [0.29, 0.717) is 5.82 Å². The van der Waals surface area contributed by atoms with E-state index in [-0.39, 0.29) is 0 Å². The molecule has 7 aromatic carbocycles. The van der Waals surface area contributed by atoms with Crippen molar-refractivity contribution in [2.45, 2.75) is 0 Å². The standard InChI is InChI=1S/C44H28N2S/c1-3-13-29(14-4-1)32-25-33(36-21-12-24-42-43(36)38-20-9-10-23-41(38)47-42)27-34(26-32)39-28-40(46-44(45-39)31-16-5-2-6-17-31)37-22-11-18-30-15-7-8-19-35(30)37/h1-28H. The molecule has 0 aliphatic carbocycles. The maximum absolute atomic E-state index is 5.24. The Morgan fingerprint density at radius 2 is 0.957 bits per heavy atom. The SMILES string of the molecule is c1ccc(-c2cc(-c3cc(-c4cccc5ccccc45)nc(-c4ccccc4)n3)cc(-c3cccc4sc5ccccc5c34)c2)cc1. The lowest BCUT2D eigenvalue weighted by molar-refractivity contribution is 1.18. The normalized spacial score (nSPS) is 11.4. The third-order valence-corrected chi connectivity index (χ3v) is 10.0. The van der Waals surface area contributed by atoms with Crippen LogP contribution in [0.2, 0.25) is 0 Å². The van der Waals surface area contributed by atoms with Crippen LogP contribution in [0.1, 0.15) is 0 Å². The lowest BCUT2D eigenvalue weighted by Gasteiger charge is -2.14. The molecule has 3 heteroatoms. The van der Waals surface area contributed by atoms with Crippen molar-refractivity contribution < 1.29 is 0 Å². The van der Waals surface area contributed by atoms with Crippen molar-refractivity contribution in [2.75, 3.05) is 0 Å². The first-order valence-electron chi connectivity index (χ1n) is 15.8. The third-order valence-electron chi connectivity index (χ3n) is 8.87. The zero-order valence-corrected chi connectivity index (χ0v) is 26.3. The van der Waals surface area contributed by atoms with E-state index in [2.05, 4.69) is 152 Å². The molecule has 0 unspecified atom stereocenters. The molecule has 220 valence electrons. The van der Waals surface area contributed by atoms with Crippen molar-refractivity contribution in [1.29, 1.82) is 0 Å². The first-order chi connectivity index (χ1) is 23.3. The van der Waals surface area contributed by atoms with E-state index in [1.54, 1.807) is 0 Å². The summed E-state index contributed by atoms with van der Waals surface area (Å²) in [6.45, 7) is 0. The minimum absolute atomic E-state index is 0.712. The van der Waals surface area contributed by atoms with Gasteiger partial charge in [0.2, 0.25) is 0 Å². The average molecular weight is 617 g/mol. The number of thiophene rings is 1. The second-order valence-corrected chi connectivity index (χ2v) is 12.9. The smallest absolute Gasteiger partial charge is 0.160 e. The van der Waals surface area contributed by atoms with E-state index in [0.717, 1.165) is 33.6 Å². The van der Waals surface area contributed by atoms with Gasteiger partial charge in [-0.15, -0.1) is 11.3 Å².